The molecule has 0 fully saturated rings. The molecule has 7 aromatic carbocycles. The molecule has 7 aromatic rings. The Morgan fingerprint density at radius 1 is 0.427 bits per heavy atom. The van der Waals surface area contributed by atoms with Crippen LogP contribution in [0.15, 0.2) is 206 Å². The van der Waals surface area contributed by atoms with Crippen molar-refractivity contribution in [2.45, 2.75) is 92.3 Å². The highest BCUT2D eigenvalue weighted by molar-refractivity contribution is 8.02. The highest BCUT2D eigenvalue weighted by Crippen LogP contribution is 2.55. The molecule has 1 heterocycles. The molecule has 0 atom stereocenters. The van der Waals surface area contributed by atoms with E-state index < -0.39 is 19.8 Å². The Balaban J connectivity index is 1.10. The molecule has 1 aliphatic rings. The Morgan fingerprint density at radius 3 is 1.11 bits per heavy atom. The molecule has 0 bridgehead atoms. The van der Waals surface area contributed by atoms with Crippen LogP contribution < -0.4 is 0 Å². The minimum absolute atomic E-state index is 0.216. The van der Waals surface area contributed by atoms with Crippen LogP contribution in [0.2, 0.25) is 0 Å². The zero-order chi connectivity index (χ0) is 53.1. The third-order valence-corrected chi connectivity index (χ3v) is 17.1. The fourth-order valence-electron chi connectivity index (χ4n) is 10.6. The van der Waals surface area contributed by atoms with Gasteiger partial charge in [0.15, 0.2) is 0 Å². The predicted octanol–water partition coefficient (Wildman–Crippen LogP) is 15.0. The summed E-state index contributed by atoms with van der Waals surface area (Å²) >= 11 is 3.83. The lowest BCUT2D eigenvalue weighted by Crippen LogP contribution is -2.49. The Bertz CT molecular complexity index is 2720. The van der Waals surface area contributed by atoms with E-state index in [1.165, 1.54) is 21.6 Å². The Morgan fingerprint density at radius 2 is 0.760 bits per heavy atom. The first-order valence-electron chi connectivity index (χ1n) is 26.4. The SMILES string of the molecule is CC(C)(C)OC(=O)N(CCN(CCCCCN1C(=O)c2ccccc2C1=O)CC(C)(C)SC(c1ccccc1)(c1ccccc1)c1ccccc1)CC(C)(C)SC(c1ccccc1)(c1ccccc1)c1ccccc1. The lowest BCUT2D eigenvalue weighted by atomic mass is 9.84. The fourth-order valence-corrected chi connectivity index (χ4v) is 14.2. The van der Waals surface area contributed by atoms with E-state index in [2.05, 4.69) is 215 Å². The molecule has 0 radical (unpaired) electrons. The van der Waals surface area contributed by atoms with Crippen LogP contribution in [0.4, 0.5) is 4.79 Å². The number of rotatable bonds is 23. The van der Waals surface area contributed by atoms with Gasteiger partial charge >= 0.3 is 6.09 Å². The molecule has 0 unspecified atom stereocenters. The molecule has 0 spiro atoms. The summed E-state index contributed by atoms with van der Waals surface area (Å²) < 4.78 is 4.29. The van der Waals surface area contributed by atoms with Gasteiger partial charge in [0.1, 0.15) is 5.60 Å². The predicted molar refractivity (Wildman–Crippen MR) is 312 cm³/mol. The van der Waals surface area contributed by atoms with Gasteiger partial charge in [0.05, 0.1) is 20.6 Å². The van der Waals surface area contributed by atoms with Crippen molar-refractivity contribution in [1.29, 1.82) is 0 Å². The number of nitrogens with zero attached hydrogens (tertiary/aromatic N) is 3. The molecule has 388 valence electrons. The summed E-state index contributed by atoms with van der Waals surface area (Å²) in [5.41, 5.74) is 7.35. The molecule has 0 saturated heterocycles. The van der Waals surface area contributed by atoms with E-state index >= 15 is 0 Å². The summed E-state index contributed by atoms with van der Waals surface area (Å²) in [5, 5.41) is 0. The summed E-state index contributed by atoms with van der Waals surface area (Å²) in [6.45, 7) is 18.3. The molecule has 1 aliphatic heterocycles. The van der Waals surface area contributed by atoms with Crippen molar-refractivity contribution in [3.8, 4) is 0 Å². The van der Waals surface area contributed by atoms with Crippen LogP contribution in [0.5, 0.6) is 0 Å². The number of hydrogen-bond donors (Lipinski definition) is 0. The quantitative estimate of drug-likeness (QED) is 0.0359. The first kappa shape index (κ1) is 54.9. The van der Waals surface area contributed by atoms with Gasteiger partial charge in [-0.25, -0.2) is 4.79 Å². The lowest BCUT2D eigenvalue weighted by molar-refractivity contribution is 0.0216. The third kappa shape index (κ3) is 13.2. The Kier molecular flexibility index (Phi) is 17.6. The topological polar surface area (TPSA) is 70.2 Å². The zero-order valence-corrected chi connectivity index (χ0v) is 46.4. The minimum atomic E-state index is -0.706. The molecule has 3 amide bonds. The van der Waals surface area contributed by atoms with Crippen LogP contribution in [0.25, 0.3) is 0 Å². The number of hydrogen-bond acceptors (Lipinski definition) is 7. The smallest absolute Gasteiger partial charge is 0.410 e. The summed E-state index contributed by atoms with van der Waals surface area (Å²) in [5.74, 6) is -0.432. The van der Waals surface area contributed by atoms with E-state index in [-0.39, 0.29) is 22.7 Å². The number of carbonyl (C=O) groups is 3. The number of thioether (sulfide) groups is 2. The van der Waals surface area contributed by atoms with Crippen LogP contribution >= 0.6 is 23.5 Å². The molecule has 75 heavy (non-hydrogen) atoms. The molecule has 0 N–H and O–H groups in total. The number of unbranched alkanes of at least 4 members (excludes halogenated alkanes) is 2. The average molecular weight is 1040 g/mol. The van der Waals surface area contributed by atoms with Gasteiger partial charge < -0.3 is 14.5 Å². The fraction of sp³-hybridized carbons (Fsp3) is 0.318. The molecule has 0 aromatic heterocycles. The van der Waals surface area contributed by atoms with Crippen molar-refractivity contribution in [1.82, 2.24) is 14.7 Å². The van der Waals surface area contributed by atoms with E-state index in [4.69, 9.17) is 4.74 Å². The van der Waals surface area contributed by atoms with Crippen LogP contribution in [0.3, 0.4) is 0 Å². The first-order valence-corrected chi connectivity index (χ1v) is 28.0. The van der Waals surface area contributed by atoms with Gasteiger partial charge in [0.25, 0.3) is 11.8 Å². The molecular weight excluding hydrogens is 963 g/mol. The number of ether oxygens (including phenoxy) is 1. The molecule has 7 nitrogen and oxygen atoms in total. The number of benzene rings is 7. The average Bonchev–Trinajstić information content (AvgIpc) is 3.66. The molecular formula is C66H73N3O4S2. The third-order valence-electron chi connectivity index (χ3n) is 13.7. The van der Waals surface area contributed by atoms with Crippen molar-refractivity contribution in [2.24, 2.45) is 0 Å². The van der Waals surface area contributed by atoms with Gasteiger partial charge in [0.2, 0.25) is 0 Å². The number of amides is 3. The largest absolute Gasteiger partial charge is 0.444 e. The summed E-state index contributed by atoms with van der Waals surface area (Å²) in [6, 6.07) is 71.8. The van der Waals surface area contributed by atoms with Gasteiger partial charge in [-0.1, -0.05) is 201 Å². The van der Waals surface area contributed by atoms with E-state index in [0.717, 1.165) is 36.1 Å². The number of fused-ring (bicyclic) bond motifs is 1. The van der Waals surface area contributed by atoms with Gasteiger partial charge in [-0.3, -0.25) is 14.5 Å². The zero-order valence-electron chi connectivity index (χ0n) is 44.8. The maximum absolute atomic E-state index is 14.7. The monoisotopic (exact) mass is 1040 g/mol. The van der Waals surface area contributed by atoms with Crippen LogP contribution in [-0.4, -0.2) is 87.0 Å². The lowest BCUT2D eigenvalue weighted by Gasteiger charge is -2.44. The second-order valence-corrected chi connectivity index (χ2v) is 25.7. The van der Waals surface area contributed by atoms with E-state index in [1.54, 1.807) is 12.1 Å². The maximum atomic E-state index is 14.7. The van der Waals surface area contributed by atoms with Crippen LogP contribution in [0.1, 0.15) is 122 Å². The van der Waals surface area contributed by atoms with Crippen molar-refractivity contribution in [3.63, 3.8) is 0 Å². The van der Waals surface area contributed by atoms with Gasteiger partial charge in [-0.2, -0.15) is 0 Å². The van der Waals surface area contributed by atoms with E-state index in [0.29, 0.717) is 50.3 Å². The molecule has 0 saturated carbocycles. The van der Waals surface area contributed by atoms with Gasteiger partial charge in [0, 0.05) is 42.2 Å². The highest BCUT2D eigenvalue weighted by Gasteiger charge is 2.45. The second-order valence-electron chi connectivity index (χ2n) is 21.8. The normalized spacial score (nSPS) is 13.3. The summed E-state index contributed by atoms with van der Waals surface area (Å²) in [6.07, 6.45) is 2.01. The van der Waals surface area contributed by atoms with Crippen molar-refractivity contribution < 1.29 is 19.1 Å². The maximum Gasteiger partial charge on any atom is 0.410 e. The minimum Gasteiger partial charge on any atom is -0.444 e. The van der Waals surface area contributed by atoms with Crippen molar-refractivity contribution in [3.05, 3.63) is 251 Å². The second kappa shape index (κ2) is 24.1. The standard InChI is InChI=1S/C66H73N3O4S2/c1-62(2,3)73-61(72)68(50-64(6,7)75-66(54-37-21-11-22-38-54,55-39-23-12-24-40-55)56-41-25-13-26-42-56)48-47-67(45-29-14-30-46-69-59(70)57-43-27-28-44-58(57)60(69)71)49-63(4,5)74-65(51-31-15-8-16-32-51,52-33-17-9-18-34-52)53-35-19-10-20-36-53/h8-13,15-28,31-44H,14,29-30,45-50H2,1-7H3. The first-order chi connectivity index (χ1) is 36.0. The number of imide groups is 1. The molecule has 8 rings (SSSR count). The van der Waals surface area contributed by atoms with E-state index in [9.17, 15) is 14.4 Å². The van der Waals surface area contributed by atoms with Gasteiger partial charge in [-0.05, 0) is 113 Å². The highest BCUT2D eigenvalue weighted by atomic mass is 32.2. The van der Waals surface area contributed by atoms with Crippen molar-refractivity contribution in [2.75, 3.05) is 39.3 Å². The number of carbonyl (C=O) groups excluding carboxylic acids is 3. The van der Waals surface area contributed by atoms with E-state index in [1.807, 2.05) is 61.3 Å². The Labute approximate surface area is 455 Å². The van der Waals surface area contributed by atoms with Crippen LogP contribution in [-0.2, 0) is 14.2 Å². The summed E-state index contributed by atoms with van der Waals surface area (Å²) in [7, 11) is 0. The van der Waals surface area contributed by atoms with Gasteiger partial charge in [-0.15, -0.1) is 23.5 Å². The molecule has 0 aliphatic carbocycles. The summed E-state index contributed by atoms with van der Waals surface area (Å²) in [4.78, 5) is 47.2. The van der Waals surface area contributed by atoms with Crippen molar-refractivity contribution >= 4 is 41.4 Å². The van der Waals surface area contributed by atoms with Crippen LogP contribution in [0, 0.1) is 0 Å². The molecule has 9 heteroatoms. The Hall–Kier alpha value is -6.39.